The fraction of sp³-hybridized carbons (Fsp3) is 0.263. The Morgan fingerprint density at radius 1 is 1.25 bits per heavy atom. The van der Waals surface area contributed by atoms with Crippen LogP contribution >= 0.6 is 27.3 Å². The average molecular weight is 401 g/mol. The molecule has 0 amide bonds. The lowest BCUT2D eigenvalue weighted by Gasteiger charge is -2.18. The monoisotopic (exact) mass is 400 g/mol. The quantitative estimate of drug-likeness (QED) is 0.611. The Morgan fingerprint density at radius 2 is 2.00 bits per heavy atom. The van der Waals surface area contributed by atoms with Crippen LogP contribution in [0.3, 0.4) is 0 Å². The van der Waals surface area contributed by atoms with Crippen LogP contribution in [0.25, 0.3) is 10.2 Å². The maximum absolute atomic E-state index is 12.9. The van der Waals surface area contributed by atoms with Gasteiger partial charge in [-0.2, -0.15) is 0 Å². The van der Waals surface area contributed by atoms with Gasteiger partial charge in [-0.25, -0.2) is 4.98 Å². The van der Waals surface area contributed by atoms with Crippen molar-refractivity contribution >= 4 is 49.0 Å². The Balaban J connectivity index is 1.92. The molecule has 1 aromatic carbocycles. The highest BCUT2D eigenvalue weighted by Gasteiger charge is 2.24. The van der Waals surface area contributed by atoms with E-state index in [1.165, 1.54) is 35.3 Å². The van der Waals surface area contributed by atoms with E-state index in [1.54, 1.807) is 0 Å². The van der Waals surface area contributed by atoms with E-state index >= 15 is 0 Å². The summed E-state index contributed by atoms with van der Waals surface area (Å²) < 4.78 is 0.888. The number of nitrogens with zero attached hydrogens (tertiary/aromatic N) is 1. The van der Waals surface area contributed by atoms with Gasteiger partial charge in [0.1, 0.15) is 9.71 Å². The van der Waals surface area contributed by atoms with Crippen LogP contribution in [0.4, 0.5) is 5.69 Å². The third kappa shape index (κ3) is 2.47. The van der Waals surface area contributed by atoms with E-state index in [0.29, 0.717) is 16.1 Å². The average Bonchev–Trinajstić information content (AvgIpc) is 2.91. The Bertz CT molecular complexity index is 977. The van der Waals surface area contributed by atoms with Gasteiger partial charge in [0, 0.05) is 21.1 Å². The van der Waals surface area contributed by atoms with Crippen molar-refractivity contribution in [3.8, 4) is 0 Å². The van der Waals surface area contributed by atoms with Gasteiger partial charge >= 0.3 is 0 Å². The van der Waals surface area contributed by atoms with E-state index in [-0.39, 0.29) is 5.78 Å². The van der Waals surface area contributed by atoms with Crippen molar-refractivity contribution in [2.45, 2.75) is 32.6 Å². The molecule has 1 aliphatic rings. The molecule has 3 nitrogen and oxygen atoms in total. The molecular formula is C19H17BrN2OS. The van der Waals surface area contributed by atoms with Gasteiger partial charge in [0.25, 0.3) is 0 Å². The molecule has 0 bridgehead atoms. The number of aryl methyl sites for hydroxylation is 2. The van der Waals surface area contributed by atoms with Crippen LogP contribution in [0.1, 0.15) is 44.9 Å². The lowest BCUT2D eigenvalue weighted by Crippen LogP contribution is -2.08. The number of carbonyl (C=O) groups excluding carboxylic acids is 1. The Morgan fingerprint density at radius 3 is 2.75 bits per heavy atom. The van der Waals surface area contributed by atoms with Gasteiger partial charge in [-0.15, -0.1) is 11.3 Å². The normalized spacial score (nSPS) is 13.9. The summed E-state index contributed by atoms with van der Waals surface area (Å²) in [6.45, 7) is 2.06. The number of aromatic nitrogens is 1. The van der Waals surface area contributed by atoms with Gasteiger partial charge < -0.3 is 5.73 Å². The number of nitrogens with two attached hydrogens (primary N) is 1. The molecule has 0 saturated heterocycles. The van der Waals surface area contributed by atoms with Crippen molar-refractivity contribution in [1.82, 2.24) is 4.98 Å². The Labute approximate surface area is 153 Å². The minimum Gasteiger partial charge on any atom is -0.397 e. The SMILES string of the molecule is Cc1nc2sc(C(=O)c3cccc(Br)c3)c(N)c2c2c1CCCC2. The maximum Gasteiger partial charge on any atom is 0.205 e. The largest absolute Gasteiger partial charge is 0.397 e. The van der Waals surface area contributed by atoms with Gasteiger partial charge in [0.2, 0.25) is 5.78 Å². The summed E-state index contributed by atoms with van der Waals surface area (Å²) in [4.78, 5) is 19.2. The van der Waals surface area contributed by atoms with E-state index in [2.05, 4.69) is 22.9 Å². The molecule has 24 heavy (non-hydrogen) atoms. The summed E-state index contributed by atoms with van der Waals surface area (Å²) >= 11 is 4.84. The third-order valence-corrected chi connectivity index (χ3v) is 6.29. The van der Waals surface area contributed by atoms with E-state index in [9.17, 15) is 4.79 Å². The molecule has 0 radical (unpaired) electrons. The fourth-order valence-electron chi connectivity index (χ4n) is 3.53. The molecule has 0 atom stereocenters. The van der Waals surface area contributed by atoms with Crippen molar-refractivity contribution < 1.29 is 4.79 Å². The first-order valence-corrected chi connectivity index (χ1v) is 9.68. The van der Waals surface area contributed by atoms with E-state index in [0.717, 1.165) is 33.2 Å². The zero-order valence-electron chi connectivity index (χ0n) is 13.4. The number of thiophene rings is 1. The number of halogens is 1. The number of benzene rings is 1. The summed E-state index contributed by atoms with van der Waals surface area (Å²) in [7, 11) is 0. The highest BCUT2D eigenvalue weighted by Crippen LogP contribution is 2.40. The number of hydrogen-bond acceptors (Lipinski definition) is 4. The smallest absolute Gasteiger partial charge is 0.205 e. The molecule has 4 rings (SSSR count). The van der Waals surface area contributed by atoms with Crippen molar-refractivity contribution in [1.29, 1.82) is 0 Å². The molecule has 0 saturated carbocycles. The molecule has 3 aromatic rings. The molecule has 0 spiro atoms. The van der Waals surface area contributed by atoms with Crippen LogP contribution in [0.2, 0.25) is 0 Å². The van der Waals surface area contributed by atoms with Crippen LogP contribution in [0, 0.1) is 6.92 Å². The summed E-state index contributed by atoms with van der Waals surface area (Å²) in [5, 5.41) is 1.01. The molecule has 2 aromatic heterocycles. The predicted molar refractivity (Wildman–Crippen MR) is 103 cm³/mol. The number of ketones is 1. The molecule has 0 aliphatic heterocycles. The number of carbonyl (C=O) groups is 1. The third-order valence-electron chi connectivity index (χ3n) is 4.70. The van der Waals surface area contributed by atoms with Gasteiger partial charge in [-0.1, -0.05) is 28.1 Å². The van der Waals surface area contributed by atoms with Crippen LogP contribution < -0.4 is 5.73 Å². The second-order valence-corrected chi connectivity index (χ2v) is 8.14. The van der Waals surface area contributed by atoms with E-state index in [1.807, 2.05) is 24.3 Å². The molecule has 0 unspecified atom stereocenters. The molecule has 1 aliphatic carbocycles. The van der Waals surface area contributed by atoms with E-state index in [4.69, 9.17) is 10.7 Å². The molecular weight excluding hydrogens is 384 g/mol. The highest BCUT2D eigenvalue weighted by atomic mass is 79.9. The summed E-state index contributed by atoms with van der Waals surface area (Å²) in [6.07, 6.45) is 4.47. The van der Waals surface area contributed by atoms with Gasteiger partial charge in [0.05, 0.1) is 5.69 Å². The summed E-state index contributed by atoms with van der Waals surface area (Å²) in [6, 6.07) is 7.43. The second kappa shape index (κ2) is 5.97. The lowest BCUT2D eigenvalue weighted by atomic mass is 9.89. The number of rotatable bonds is 2. The minimum atomic E-state index is -0.0287. The van der Waals surface area contributed by atoms with Crippen molar-refractivity contribution in [2.24, 2.45) is 0 Å². The van der Waals surface area contributed by atoms with Gasteiger partial charge in [-0.3, -0.25) is 4.79 Å². The number of nitrogen functional groups attached to an aromatic ring is 1. The van der Waals surface area contributed by atoms with Crippen LogP contribution in [-0.4, -0.2) is 10.8 Å². The highest BCUT2D eigenvalue weighted by molar-refractivity contribution is 9.10. The first kappa shape index (κ1) is 15.8. The molecule has 122 valence electrons. The van der Waals surface area contributed by atoms with Crippen molar-refractivity contribution in [3.05, 3.63) is 56.0 Å². The molecule has 2 N–H and O–H groups in total. The first-order chi connectivity index (χ1) is 11.6. The van der Waals surface area contributed by atoms with Gasteiger partial charge in [-0.05, 0) is 55.9 Å². The standard InChI is InChI=1S/C19H17BrN2OS/c1-10-13-7-2-3-8-14(13)15-16(21)18(24-19(15)22-10)17(23)11-5-4-6-12(20)9-11/h4-6,9H,2-3,7-8,21H2,1H3. The van der Waals surface area contributed by atoms with Crippen LogP contribution in [0.5, 0.6) is 0 Å². The number of pyridine rings is 1. The van der Waals surface area contributed by atoms with Gasteiger partial charge in [0.15, 0.2) is 0 Å². The van der Waals surface area contributed by atoms with Crippen LogP contribution in [-0.2, 0) is 12.8 Å². The van der Waals surface area contributed by atoms with E-state index < -0.39 is 0 Å². The molecule has 2 heterocycles. The number of hydrogen-bond donors (Lipinski definition) is 1. The lowest BCUT2D eigenvalue weighted by molar-refractivity contribution is 0.104. The van der Waals surface area contributed by atoms with Crippen molar-refractivity contribution in [2.75, 3.05) is 5.73 Å². The van der Waals surface area contributed by atoms with Crippen molar-refractivity contribution in [3.63, 3.8) is 0 Å². The first-order valence-electron chi connectivity index (χ1n) is 8.07. The molecule has 0 fully saturated rings. The zero-order chi connectivity index (χ0) is 16.8. The summed E-state index contributed by atoms with van der Waals surface area (Å²) in [5.41, 5.74) is 11.4. The van der Waals surface area contributed by atoms with Crippen LogP contribution in [0.15, 0.2) is 28.7 Å². The maximum atomic E-state index is 12.9. The Hall–Kier alpha value is -1.72. The topological polar surface area (TPSA) is 56.0 Å². The zero-order valence-corrected chi connectivity index (χ0v) is 15.8. The second-order valence-electron chi connectivity index (χ2n) is 6.23. The number of anilines is 1. The summed E-state index contributed by atoms with van der Waals surface area (Å²) in [5.74, 6) is -0.0287. The number of fused-ring (bicyclic) bond motifs is 3. The minimum absolute atomic E-state index is 0.0287. The Kier molecular flexibility index (Phi) is 3.93. The molecule has 5 heteroatoms. The fourth-order valence-corrected chi connectivity index (χ4v) is 5.06. The predicted octanol–water partition coefficient (Wildman–Crippen LogP) is 5.06.